The number of halogens is 1. The Labute approximate surface area is 314 Å². The number of rotatable bonds is 8. The largest absolute Gasteiger partial charge is 0.494 e. The van der Waals surface area contributed by atoms with Crippen LogP contribution in [0.15, 0.2) is 66.1 Å². The summed E-state index contributed by atoms with van der Waals surface area (Å²) < 4.78 is 7.53. The molecule has 2 aromatic heterocycles. The number of aryl methyl sites for hydroxylation is 1. The molecule has 2 fully saturated rings. The number of piperazine rings is 1. The second-order valence-corrected chi connectivity index (χ2v) is 14.6. The number of para-hydroxylation sites is 1. The molecular weight excluding hydrogens is 694 g/mol. The van der Waals surface area contributed by atoms with E-state index in [1.54, 1.807) is 34.6 Å². The summed E-state index contributed by atoms with van der Waals surface area (Å²) in [4.78, 5) is 60.6. The average Bonchev–Trinajstić information content (AvgIpc) is 3.17. The molecule has 14 heteroatoms. The molecule has 0 aliphatic carbocycles. The van der Waals surface area contributed by atoms with Crippen LogP contribution in [0.1, 0.15) is 31.4 Å². The van der Waals surface area contributed by atoms with Crippen molar-refractivity contribution >= 4 is 68.8 Å². The molecular formula is C39H46ClN9O4. The van der Waals surface area contributed by atoms with E-state index in [1.165, 1.54) is 6.08 Å². The number of hydrogen-bond donors (Lipinski definition) is 1. The molecule has 5 heterocycles. The molecule has 0 saturated carbocycles. The second-order valence-electron chi connectivity index (χ2n) is 14.0. The van der Waals surface area contributed by atoms with E-state index in [2.05, 4.69) is 34.8 Å². The quantitative estimate of drug-likeness (QED) is 0.194. The lowest BCUT2D eigenvalue weighted by molar-refractivity contribution is -0.132. The smallest absolute Gasteiger partial charge is 0.276 e. The third-order valence-corrected chi connectivity index (χ3v) is 10.7. The first-order chi connectivity index (χ1) is 25.6. The maximum Gasteiger partial charge on any atom is 0.276 e. The van der Waals surface area contributed by atoms with Gasteiger partial charge in [-0.3, -0.25) is 19.0 Å². The summed E-state index contributed by atoms with van der Waals surface area (Å²) in [6, 6.07) is 13.3. The minimum atomic E-state index is -0.682. The molecule has 4 aromatic rings. The number of aromatic nitrogens is 3. The van der Waals surface area contributed by atoms with Crippen LogP contribution >= 0.6 is 11.6 Å². The predicted molar refractivity (Wildman–Crippen MR) is 211 cm³/mol. The highest BCUT2D eigenvalue weighted by Gasteiger charge is 2.33. The van der Waals surface area contributed by atoms with Gasteiger partial charge >= 0.3 is 0 Å². The lowest BCUT2D eigenvalue weighted by Crippen LogP contribution is -2.47. The van der Waals surface area contributed by atoms with Crippen molar-refractivity contribution in [2.45, 2.75) is 38.1 Å². The van der Waals surface area contributed by atoms with Crippen LogP contribution in [-0.2, 0) is 9.59 Å². The number of carbonyl (C=O) groups excluding carboxylic acids is 2. The highest BCUT2D eigenvalue weighted by molar-refractivity contribution is 6.30. The molecule has 2 aromatic carbocycles. The second kappa shape index (κ2) is 15.1. The van der Waals surface area contributed by atoms with E-state index in [4.69, 9.17) is 26.3 Å². The highest BCUT2D eigenvalue weighted by Crippen LogP contribution is 2.40. The van der Waals surface area contributed by atoms with Gasteiger partial charge in [0.2, 0.25) is 11.9 Å². The number of anilines is 6. The van der Waals surface area contributed by atoms with Gasteiger partial charge in [-0.1, -0.05) is 18.7 Å². The molecule has 0 spiro atoms. The van der Waals surface area contributed by atoms with Crippen molar-refractivity contribution in [2.75, 3.05) is 86.5 Å². The summed E-state index contributed by atoms with van der Waals surface area (Å²) in [6.07, 6.45) is 4.41. The molecule has 7 rings (SSSR count). The van der Waals surface area contributed by atoms with Crippen LogP contribution in [0.3, 0.4) is 0 Å². The van der Waals surface area contributed by atoms with Gasteiger partial charge in [-0.25, -0.2) is 4.98 Å². The lowest BCUT2D eigenvalue weighted by atomic mass is 10.0. The molecule has 2 saturated heterocycles. The minimum absolute atomic E-state index is 0.165. The fraction of sp³-hybridized carbons (Fsp3) is 0.410. The topological polar surface area (TPSA) is 119 Å². The van der Waals surface area contributed by atoms with Gasteiger partial charge in [-0.15, -0.1) is 11.6 Å². The molecule has 278 valence electrons. The normalized spacial score (nSPS) is 18.5. The number of likely N-dealkylation sites (N-methyl/N-ethyl adjacent to an activating group) is 1. The number of likely N-dealkylation sites (tertiary alicyclic amines) is 1. The molecule has 1 N–H and O–H groups in total. The molecule has 3 aliphatic rings. The van der Waals surface area contributed by atoms with Gasteiger partial charge in [0.15, 0.2) is 0 Å². The van der Waals surface area contributed by atoms with E-state index in [0.29, 0.717) is 73.1 Å². The minimum Gasteiger partial charge on any atom is -0.494 e. The van der Waals surface area contributed by atoms with Gasteiger partial charge in [0, 0.05) is 75.7 Å². The van der Waals surface area contributed by atoms with Gasteiger partial charge in [-0.2, -0.15) is 4.98 Å². The zero-order valence-electron chi connectivity index (χ0n) is 30.7. The number of benzene rings is 2. The van der Waals surface area contributed by atoms with Gasteiger partial charge in [0.05, 0.1) is 30.2 Å². The highest BCUT2D eigenvalue weighted by atomic mass is 35.5. The lowest BCUT2D eigenvalue weighted by Gasteiger charge is -2.39. The number of alkyl halides is 1. The van der Waals surface area contributed by atoms with Crippen molar-refractivity contribution in [3.05, 3.63) is 77.2 Å². The van der Waals surface area contributed by atoms with E-state index in [0.717, 1.165) is 48.8 Å². The summed E-state index contributed by atoms with van der Waals surface area (Å²) in [5.41, 5.74) is 4.81. The Bertz CT molecular complexity index is 2110. The molecule has 13 nitrogen and oxygen atoms in total. The molecule has 53 heavy (non-hydrogen) atoms. The van der Waals surface area contributed by atoms with Crippen LogP contribution in [0, 0.1) is 6.92 Å². The number of carbonyl (C=O) groups is 2. The number of hydrogen-bond acceptors (Lipinski definition) is 10. The number of nitrogens with one attached hydrogen (secondary N) is 1. The maximum atomic E-state index is 14.9. The first-order valence-corrected chi connectivity index (χ1v) is 18.6. The molecule has 2 amide bonds. The van der Waals surface area contributed by atoms with E-state index in [9.17, 15) is 14.4 Å². The number of piperidine rings is 1. The van der Waals surface area contributed by atoms with Crippen molar-refractivity contribution < 1.29 is 14.3 Å². The van der Waals surface area contributed by atoms with Crippen LogP contribution in [0.2, 0.25) is 0 Å². The van der Waals surface area contributed by atoms with Gasteiger partial charge in [-0.05, 0) is 69.6 Å². The standard InChI is InChI=1S/C39H46ClN9O4/c1-6-34(50)48-20-19-47(31-11-7-9-25(2)35(31)48)32-21-27-23-41-39(42-30-13-12-28(22-33(30)53-5)45-17-15-44(4)16-18-45)43-36(27)49(38(32)52)29-10-8-14-46(24-29)37(51)26(3)40/h6-7,9,11-13,21-23,26,29H,1,8,10,14-20,24H2,2-5H3,(H,41,42,43)/t26?,29-/m1/s1. The summed E-state index contributed by atoms with van der Waals surface area (Å²) in [6.45, 7) is 12.8. The van der Waals surface area contributed by atoms with Gasteiger partial charge in [0.1, 0.15) is 22.5 Å². The van der Waals surface area contributed by atoms with Crippen LogP contribution in [0.4, 0.5) is 34.4 Å². The SMILES string of the molecule is C=CC(=O)N1CCN(c2cc3cnc(Nc4ccc(N5CCN(C)CC5)cc4OC)nc3n([C@@H]3CCCN(C(=O)C(C)Cl)C3)c2=O)c2cccc(C)c21. The molecule has 0 radical (unpaired) electrons. The van der Waals surface area contributed by atoms with E-state index in [-0.39, 0.29) is 23.4 Å². The average molecular weight is 740 g/mol. The molecule has 0 bridgehead atoms. The van der Waals surface area contributed by atoms with Crippen molar-refractivity contribution in [2.24, 2.45) is 0 Å². The van der Waals surface area contributed by atoms with Gasteiger partial charge < -0.3 is 34.6 Å². The van der Waals surface area contributed by atoms with Gasteiger partial charge in [0.25, 0.3) is 11.5 Å². The summed E-state index contributed by atoms with van der Waals surface area (Å²) in [5, 5.41) is 3.32. The van der Waals surface area contributed by atoms with Crippen LogP contribution in [0.5, 0.6) is 5.75 Å². The van der Waals surface area contributed by atoms with Crippen molar-refractivity contribution in [3.8, 4) is 5.75 Å². The summed E-state index contributed by atoms with van der Waals surface area (Å²) in [7, 11) is 3.77. The van der Waals surface area contributed by atoms with Crippen molar-refractivity contribution in [3.63, 3.8) is 0 Å². The first kappa shape index (κ1) is 36.2. The third-order valence-electron chi connectivity index (χ3n) is 10.5. The molecule has 1 unspecified atom stereocenters. The Morgan fingerprint density at radius 3 is 2.58 bits per heavy atom. The molecule has 3 aliphatic heterocycles. The number of nitrogens with zero attached hydrogens (tertiary/aromatic N) is 8. The Morgan fingerprint density at radius 2 is 1.85 bits per heavy atom. The summed E-state index contributed by atoms with van der Waals surface area (Å²) >= 11 is 6.25. The zero-order valence-corrected chi connectivity index (χ0v) is 31.5. The monoisotopic (exact) mass is 739 g/mol. The van der Waals surface area contributed by atoms with E-state index in [1.807, 2.05) is 48.2 Å². The Kier molecular flexibility index (Phi) is 10.3. The third kappa shape index (κ3) is 7.03. The molecule has 2 atom stereocenters. The Morgan fingerprint density at radius 1 is 1.06 bits per heavy atom. The van der Waals surface area contributed by atoms with Crippen molar-refractivity contribution in [1.82, 2.24) is 24.3 Å². The van der Waals surface area contributed by atoms with Crippen LogP contribution < -0.4 is 30.3 Å². The Hall–Kier alpha value is -5.14. The van der Waals surface area contributed by atoms with Crippen LogP contribution in [-0.4, -0.2) is 108 Å². The number of ether oxygens (including phenoxy) is 1. The summed E-state index contributed by atoms with van der Waals surface area (Å²) in [5.74, 6) is 0.592. The number of methoxy groups -OCH3 is 1. The predicted octanol–water partition coefficient (Wildman–Crippen LogP) is 5.07. The number of pyridine rings is 1. The maximum absolute atomic E-state index is 14.9. The zero-order chi connectivity index (χ0) is 37.4. The van der Waals surface area contributed by atoms with Crippen molar-refractivity contribution in [1.29, 1.82) is 0 Å². The van der Waals surface area contributed by atoms with E-state index >= 15 is 0 Å². The first-order valence-electron chi connectivity index (χ1n) is 18.1. The van der Waals surface area contributed by atoms with E-state index < -0.39 is 5.38 Å². The fourth-order valence-corrected chi connectivity index (χ4v) is 7.84. The van der Waals surface area contributed by atoms with Crippen LogP contribution in [0.25, 0.3) is 11.0 Å². The number of fused-ring (bicyclic) bond motifs is 2. The number of amides is 2. The Balaban J connectivity index is 1.31. The fourth-order valence-electron chi connectivity index (χ4n) is 7.71.